The van der Waals surface area contributed by atoms with Gasteiger partial charge in [-0.05, 0) is 37.6 Å². The van der Waals surface area contributed by atoms with Crippen molar-refractivity contribution in [2.24, 2.45) is 0 Å². The van der Waals surface area contributed by atoms with Gasteiger partial charge in [-0.1, -0.05) is 17.7 Å². The topological polar surface area (TPSA) is 99.5 Å². The van der Waals surface area contributed by atoms with Crippen molar-refractivity contribution in [1.82, 2.24) is 33.6 Å². The first-order chi connectivity index (χ1) is 19.4. The fourth-order valence-electron chi connectivity index (χ4n) is 5.07. The Morgan fingerprint density at radius 3 is 2.41 bits per heavy atom. The summed E-state index contributed by atoms with van der Waals surface area (Å²) < 4.78 is 68.2. The molecule has 1 aromatic carbocycles. The molecule has 5 rings (SSSR count). The summed E-state index contributed by atoms with van der Waals surface area (Å²) in [7, 11) is -1.19. The van der Waals surface area contributed by atoms with Crippen molar-refractivity contribution in [2.75, 3.05) is 57.9 Å². The van der Waals surface area contributed by atoms with E-state index in [0.29, 0.717) is 36.6 Å². The lowest BCUT2D eigenvalue weighted by atomic mass is 10.1. The minimum Gasteiger partial charge on any atom is -0.351 e. The second-order valence-corrected chi connectivity index (χ2v) is 13.0. The van der Waals surface area contributed by atoms with E-state index in [4.69, 9.17) is 11.6 Å². The summed E-state index contributed by atoms with van der Waals surface area (Å²) in [6.07, 6.45) is 1.04. The van der Waals surface area contributed by atoms with Crippen molar-refractivity contribution in [3.8, 4) is 17.1 Å². The molecule has 2 aliphatic rings. The molecule has 2 saturated heterocycles. The van der Waals surface area contributed by atoms with Crippen LogP contribution in [0.3, 0.4) is 0 Å². The van der Waals surface area contributed by atoms with Crippen LogP contribution in [0.15, 0.2) is 36.9 Å². The van der Waals surface area contributed by atoms with Gasteiger partial charge < -0.3 is 14.8 Å². The van der Waals surface area contributed by atoms with E-state index in [1.165, 1.54) is 16.8 Å². The van der Waals surface area contributed by atoms with Gasteiger partial charge in [-0.15, -0.1) is 0 Å². The number of nitrogens with zero attached hydrogens (tertiary/aromatic N) is 7. The van der Waals surface area contributed by atoms with Gasteiger partial charge >= 0.3 is 6.18 Å². The third-order valence-corrected chi connectivity index (χ3v) is 9.07. The monoisotopic (exact) mass is 612 g/mol. The number of piperidine rings is 1. The average molecular weight is 613 g/mol. The van der Waals surface area contributed by atoms with Gasteiger partial charge in [-0.3, -0.25) is 4.90 Å². The van der Waals surface area contributed by atoms with Crippen LogP contribution in [-0.2, 0) is 22.7 Å². The van der Waals surface area contributed by atoms with E-state index in [1.54, 1.807) is 4.57 Å². The highest BCUT2D eigenvalue weighted by atomic mass is 35.5. The molecule has 222 valence electrons. The number of halogens is 4. The zero-order valence-electron chi connectivity index (χ0n) is 22.8. The molecule has 0 bridgehead atoms. The Labute approximate surface area is 242 Å². The first-order valence-electron chi connectivity index (χ1n) is 13.3. The lowest BCUT2D eigenvalue weighted by molar-refractivity contribution is -0.137. The second kappa shape index (κ2) is 11.8. The van der Waals surface area contributed by atoms with Crippen LogP contribution in [0, 0.1) is 0 Å². The first-order valence-corrected chi connectivity index (χ1v) is 15.5. The molecule has 0 unspecified atom stereocenters. The molecule has 0 aliphatic carbocycles. The van der Waals surface area contributed by atoms with Gasteiger partial charge in [0.2, 0.25) is 16.0 Å². The molecular weight excluding hydrogens is 581 g/mol. The Bertz CT molecular complexity index is 1480. The minimum absolute atomic E-state index is 0.0200. The molecule has 2 aromatic heterocycles. The van der Waals surface area contributed by atoms with Crippen molar-refractivity contribution >= 4 is 27.6 Å². The number of hydrogen-bond donors (Lipinski definition) is 1. The highest BCUT2D eigenvalue weighted by Gasteiger charge is 2.36. The molecule has 1 N–H and O–H groups in total. The highest BCUT2D eigenvalue weighted by molar-refractivity contribution is 7.88. The molecule has 4 heterocycles. The van der Waals surface area contributed by atoms with Crippen LogP contribution in [0.25, 0.3) is 17.1 Å². The van der Waals surface area contributed by atoms with E-state index in [2.05, 4.69) is 37.1 Å². The Morgan fingerprint density at radius 1 is 1.07 bits per heavy atom. The van der Waals surface area contributed by atoms with Crippen molar-refractivity contribution in [1.29, 1.82) is 0 Å². The summed E-state index contributed by atoms with van der Waals surface area (Å²) >= 11 is 6.60. The maximum atomic E-state index is 13.9. The maximum Gasteiger partial charge on any atom is 0.420 e. The number of likely N-dealkylation sites (N-methyl/N-ethyl adjacent to an activating group) is 1. The number of aromatic nitrogens is 4. The Morgan fingerprint density at radius 2 is 1.78 bits per heavy atom. The molecule has 0 atom stereocenters. The Hall–Kier alpha value is -2.78. The van der Waals surface area contributed by atoms with E-state index in [9.17, 15) is 21.6 Å². The smallest absolute Gasteiger partial charge is 0.351 e. The molecule has 41 heavy (non-hydrogen) atoms. The number of hydrogen-bond acceptors (Lipinski definition) is 8. The molecule has 2 fully saturated rings. The van der Waals surface area contributed by atoms with Gasteiger partial charge in [0.25, 0.3) is 0 Å². The molecule has 2 aliphatic heterocycles. The second-order valence-electron chi connectivity index (χ2n) is 10.6. The van der Waals surface area contributed by atoms with Gasteiger partial charge in [0.1, 0.15) is 23.3 Å². The number of benzene rings is 1. The van der Waals surface area contributed by atoms with Crippen LogP contribution in [0.2, 0.25) is 5.02 Å². The predicted octanol–water partition coefficient (Wildman–Crippen LogP) is 3.58. The standard InChI is InChI=1S/C26H32ClF3N8O2S/c1-35-9-11-36(12-10-35)15-18-3-4-23(21(27)13-18)37-16-22(32-17-37)24-20(26(28,29)30)14-31-25(34-24)33-19-5-7-38(8-6-19)41(2,39)40/h3-4,13-14,16-17,19H,5-12,15H2,1-2H3,(H,31,33,34). The van der Waals surface area contributed by atoms with Gasteiger partial charge in [-0.2, -0.15) is 13.2 Å². The van der Waals surface area contributed by atoms with E-state index < -0.39 is 21.8 Å². The van der Waals surface area contributed by atoms with E-state index in [-0.39, 0.29) is 23.4 Å². The van der Waals surface area contributed by atoms with Gasteiger partial charge in [-0.25, -0.2) is 27.7 Å². The van der Waals surface area contributed by atoms with Crippen molar-refractivity contribution < 1.29 is 21.6 Å². The van der Waals surface area contributed by atoms with Crippen molar-refractivity contribution in [3.05, 3.63) is 53.1 Å². The summed E-state index contributed by atoms with van der Waals surface area (Å²) in [4.78, 5) is 17.0. The summed E-state index contributed by atoms with van der Waals surface area (Å²) in [5.74, 6) is 0.0200. The van der Waals surface area contributed by atoms with Crippen LogP contribution in [0.1, 0.15) is 24.0 Å². The number of rotatable bonds is 7. The average Bonchev–Trinajstić information content (AvgIpc) is 3.39. The molecule has 0 radical (unpaired) electrons. The largest absolute Gasteiger partial charge is 0.420 e. The quantitative estimate of drug-likeness (QED) is 0.432. The van der Waals surface area contributed by atoms with Gasteiger partial charge in [0.15, 0.2) is 0 Å². The van der Waals surface area contributed by atoms with Crippen LogP contribution in [0.5, 0.6) is 0 Å². The summed E-state index contributed by atoms with van der Waals surface area (Å²) in [5, 5.41) is 3.52. The molecule has 0 spiro atoms. The molecule has 10 nitrogen and oxygen atoms in total. The number of anilines is 1. The molecular formula is C26H32ClF3N8O2S. The minimum atomic E-state index is -4.69. The Balaban J connectivity index is 1.34. The number of alkyl halides is 3. The zero-order valence-corrected chi connectivity index (χ0v) is 24.3. The maximum absolute atomic E-state index is 13.9. The fourth-order valence-corrected chi connectivity index (χ4v) is 6.24. The zero-order chi connectivity index (χ0) is 29.4. The summed E-state index contributed by atoms with van der Waals surface area (Å²) in [5.41, 5.74) is 0.300. The van der Waals surface area contributed by atoms with E-state index in [0.717, 1.165) is 50.7 Å². The molecule has 3 aromatic rings. The summed E-state index contributed by atoms with van der Waals surface area (Å²) in [6, 6.07) is 5.48. The highest BCUT2D eigenvalue weighted by Crippen LogP contribution is 2.36. The van der Waals surface area contributed by atoms with E-state index >= 15 is 0 Å². The van der Waals surface area contributed by atoms with Crippen LogP contribution >= 0.6 is 11.6 Å². The molecule has 0 saturated carbocycles. The van der Waals surface area contributed by atoms with Gasteiger partial charge in [0, 0.05) is 64.2 Å². The molecule has 0 amide bonds. The first kappa shape index (κ1) is 29.7. The van der Waals surface area contributed by atoms with Crippen LogP contribution < -0.4 is 5.32 Å². The lowest BCUT2D eigenvalue weighted by Gasteiger charge is -2.32. The lowest BCUT2D eigenvalue weighted by Crippen LogP contribution is -2.43. The number of piperazine rings is 1. The molecule has 15 heteroatoms. The number of sulfonamides is 1. The van der Waals surface area contributed by atoms with Crippen LogP contribution in [-0.4, -0.2) is 101 Å². The van der Waals surface area contributed by atoms with Crippen LogP contribution in [0.4, 0.5) is 19.1 Å². The number of imidazole rings is 1. The third-order valence-electron chi connectivity index (χ3n) is 7.47. The Kier molecular flexibility index (Phi) is 8.58. The predicted molar refractivity (Wildman–Crippen MR) is 150 cm³/mol. The number of nitrogens with one attached hydrogen (secondary N) is 1. The van der Waals surface area contributed by atoms with Crippen molar-refractivity contribution in [2.45, 2.75) is 31.6 Å². The van der Waals surface area contributed by atoms with Gasteiger partial charge in [0.05, 0.1) is 17.0 Å². The van der Waals surface area contributed by atoms with E-state index in [1.807, 2.05) is 18.2 Å². The normalized spacial score (nSPS) is 18.6. The fraction of sp³-hybridized carbons (Fsp3) is 0.500. The SMILES string of the molecule is CN1CCN(Cc2ccc(-n3cnc(-c4nc(NC5CCN(S(C)(=O)=O)CC5)ncc4C(F)(F)F)c3)c(Cl)c2)CC1. The third kappa shape index (κ3) is 7.17. The van der Waals surface area contributed by atoms with Crippen molar-refractivity contribution in [3.63, 3.8) is 0 Å². The summed E-state index contributed by atoms with van der Waals surface area (Å²) in [6.45, 7) is 5.34.